The van der Waals surface area contributed by atoms with Crippen LogP contribution in [0.25, 0.3) is 0 Å². The first-order chi connectivity index (χ1) is 8.86. The van der Waals surface area contributed by atoms with E-state index in [-0.39, 0.29) is 9.56 Å². The van der Waals surface area contributed by atoms with E-state index in [2.05, 4.69) is 26.0 Å². The highest BCUT2D eigenvalue weighted by Gasteiger charge is 2.21. The Hall–Kier alpha value is -0.410. The summed E-state index contributed by atoms with van der Waals surface area (Å²) in [4.78, 5) is 2.15. The topological polar surface area (TPSA) is 74.6 Å². The maximum atomic E-state index is 12.1. The van der Waals surface area contributed by atoms with E-state index in [4.69, 9.17) is 4.42 Å². The molecule has 1 rings (SSSR count). The minimum Gasteiger partial charge on any atom is -0.452 e. The van der Waals surface area contributed by atoms with Gasteiger partial charge in [0, 0.05) is 12.6 Å². The highest BCUT2D eigenvalue weighted by Crippen LogP contribution is 2.25. The van der Waals surface area contributed by atoms with Crippen LogP contribution in [-0.2, 0) is 16.6 Å². The normalized spacial score (nSPS) is 12.3. The van der Waals surface area contributed by atoms with E-state index in [0.717, 1.165) is 13.0 Å². The van der Waals surface area contributed by atoms with Crippen molar-refractivity contribution in [3.8, 4) is 0 Å². The number of hydrogen-bond acceptors (Lipinski definition) is 5. The van der Waals surface area contributed by atoms with Crippen LogP contribution in [0.4, 0.5) is 0 Å². The van der Waals surface area contributed by atoms with E-state index >= 15 is 0 Å². The van der Waals surface area contributed by atoms with Crippen molar-refractivity contribution in [1.82, 2.24) is 14.9 Å². The van der Waals surface area contributed by atoms with E-state index in [0.29, 0.717) is 18.8 Å². The quantitative estimate of drug-likeness (QED) is 0.681. The lowest BCUT2D eigenvalue weighted by Crippen LogP contribution is -2.27. The van der Waals surface area contributed by atoms with Gasteiger partial charge >= 0.3 is 0 Å². The van der Waals surface area contributed by atoms with Gasteiger partial charge in [-0.3, -0.25) is 0 Å². The SMILES string of the molecule is CNCc1cc(S(=O)(=O)NCCCN(C)C)c(Br)o1. The molecule has 0 atom stereocenters. The van der Waals surface area contributed by atoms with Gasteiger partial charge in [0.25, 0.3) is 0 Å². The van der Waals surface area contributed by atoms with Crippen molar-refractivity contribution in [2.45, 2.75) is 17.9 Å². The summed E-state index contributed by atoms with van der Waals surface area (Å²) < 4.78 is 32.3. The molecule has 8 heteroatoms. The Morgan fingerprint density at radius 2 is 2.11 bits per heavy atom. The van der Waals surface area contributed by atoms with Gasteiger partial charge in [0.05, 0.1) is 6.54 Å². The number of nitrogens with zero attached hydrogens (tertiary/aromatic N) is 1. The number of furan rings is 1. The third-order valence-electron chi connectivity index (χ3n) is 2.42. The van der Waals surface area contributed by atoms with Crippen molar-refractivity contribution >= 4 is 26.0 Å². The molecule has 0 aromatic carbocycles. The maximum Gasteiger partial charge on any atom is 0.244 e. The average Bonchev–Trinajstić information content (AvgIpc) is 2.67. The first kappa shape index (κ1) is 16.6. The molecule has 19 heavy (non-hydrogen) atoms. The lowest BCUT2D eigenvalue weighted by molar-refractivity contribution is 0.400. The number of nitrogens with one attached hydrogen (secondary N) is 2. The summed E-state index contributed by atoms with van der Waals surface area (Å²) in [6.45, 7) is 1.72. The zero-order chi connectivity index (χ0) is 14.5. The van der Waals surface area contributed by atoms with Crippen LogP contribution in [0.2, 0.25) is 0 Å². The standard InChI is InChI=1S/C11H20BrN3O3S/c1-13-8-9-7-10(11(12)18-9)19(16,17)14-5-4-6-15(2)3/h7,13-14H,4-6,8H2,1-3H3. The molecular weight excluding hydrogens is 334 g/mol. The molecule has 0 saturated carbocycles. The summed E-state index contributed by atoms with van der Waals surface area (Å²) in [6.07, 6.45) is 0.755. The molecule has 2 N–H and O–H groups in total. The number of sulfonamides is 1. The molecular formula is C11H20BrN3O3S. The van der Waals surface area contributed by atoms with Crippen LogP contribution in [-0.4, -0.2) is 47.6 Å². The molecule has 0 amide bonds. The number of halogens is 1. The van der Waals surface area contributed by atoms with Gasteiger partial charge in [0.2, 0.25) is 10.0 Å². The second kappa shape index (κ2) is 7.39. The van der Waals surface area contributed by atoms with Crippen LogP contribution in [0.1, 0.15) is 12.2 Å². The van der Waals surface area contributed by atoms with Crippen LogP contribution in [0.15, 0.2) is 20.0 Å². The highest BCUT2D eigenvalue weighted by atomic mass is 79.9. The highest BCUT2D eigenvalue weighted by molar-refractivity contribution is 9.10. The monoisotopic (exact) mass is 353 g/mol. The molecule has 0 unspecified atom stereocenters. The first-order valence-electron chi connectivity index (χ1n) is 5.94. The summed E-state index contributed by atoms with van der Waals surface area (Å²) in [5, 5.41) is 2.91. The molecule has 0 aliphatic rings. The average molecular weight is 354 g/mol. The summed E-state index contributed by atoms with van der Waals surface area (Å²) in [6, 6.07) is 1.52. The van der Waals surface area contributed by atoms with Gasteiger partial charge in [-0.1, -0.05) is 0 Å². The van der Waals surface area contributed by atoms with Crippen LogP contribution >= 0.6 is 15.9 Å². The van der Waals surface area contributed by atoms with Gasteiger partial charge in [0.15, 0.2) is 4.67 Å². The van der Waals surface area contributed by atoms with E-state index in [1.165, 1.54) is 6.07 Å². The van der Waals surface area contributed by atoms with Gasteiger partial charge in [-0.25, -0.2) is 13.1 Å². The van der Waals surface area contributed by atoms with Crippen LogP contribution in [0.3, 0.4) is 0 Å². The zero-order valence-electron chi connectivity index (χ0n) is 11.4. The van der Waals surface area contributed by atoms with Crippen LogP contribution in [0, 0.1) is 0 Å². The van der Waals surface area contributed by atoms with Gasteiger partial charge in [0.1, 0.15) is 10.7 Å². The Balaban J connectivity index is 2.66. The second-order valence-corrected chi connectivity index (χ2v) is 6.89. The smallest absolute Gasteiger partial charge is 0.244 e. The fraction of sp³-hybridized carbons (Fsp3) is 0.636. The number of hydrogen-bond donors (Lipinski definition) is 2. The Morgan fingerprint density at radius 3 is 2.68 bits per heavy atom. The van der Waals surface area contributed by atoms with Crippen molar-refractivity contribution < 1.29 is 12.8 Å². The molecule has 110 valence electrons. The fourth-order valence-corrected chi connectivity index (χ4v) is 3.59. The van der Waals surface area contributed by atoms with Crippen LogP contribution < -0.4 is 10.0 Å². The van der Waals surface area contributed by atoms with E-state index in [1.807, 2.05) is 19.0 Å². The lowest BCUT2D eigenvalue weighted by atomic mass is 10.4. The summed E-state index contributed by atoms with van der Waals surface area (Å²) in [5.74, 6) is 0.572. The Morgan fingerprint density at radius 1 is 1.42 bits per heavy atom. The van der Waals surface area contributed by atoms with E-state index in [9.17, 15) is 8.42 Å². The van der Waals surface area contributed by atoms with Crippen molar-refractivity contribution in [2.75, 3.05) is 34.2 Å². The van der Waals surface area contributed by atoms with E-state index in [1.54, 1.807) is 7.05 Å². The van der Waals surface area contributed by atoms with Crippen molar-refractivity contribution in [3.63, 3.8) is 0 Å². The van der Waals surface area contributed by atoms with Gasteiger partial charge in [-0.2, -0.15) is 0 Å². The lowest BCUT2D eigenvalue weighted by Gasteiger charge is -2.09. The molecule has 0 aliphatic carbocycles. The van der Waals surface area contributed by atoms with E-state index < -0.39 is 10.0 Å². The molecule has 1 aromatic heterocycles. The summed E-state index contributed by atoms with van der Waals surface area (Å²) in [5.41, 5.74) is 0. The molecule has 0 bridgehead atoms. The summed E-state index contributed by atoms with van der Waals surface area (Å²) in [7, 11) is 2.14. The first-order valence-corrected chi connectivity index (χ1v) is 8.21. The zero-order valence-corrected chi connectivity index (χ0v) is 13.8. The molecule has 1 heterocycles. The number of rotatable bonds is 8. The molecule has 1 aromatic rings. The third kappa shape index (κ3) is 5.23. The Labute approximate surface area is 122 Å². The molecule has 6 nitrogen and oxygen atoms in total. The Bertz CT molecular complexity index is 499. The maximum absolute atomic E-state index is 12.1. The minimum absolute atomic E-state index is 0.141. The minimum atomic E-state index is -3.52. The molecule has 0 spiro atoms. The predicted octanol–water partition coefficient (Wildman–Crippen LogP) is 0.991. The molecule has 0 aliphatic heterocycles. The van der Waals surface area contributed by atoms with Crippen molar-refractivity contribution in [3.05, 3.63) is 16.5 Å². The second-order valence-electron chi connectivity index (χ2n) is 4.44. The molecule has 0 fully saturated rings. The Kier molecular flexibility index (Phi) is 6.48. The molecule has 0 saturated heterocycles. The van der Waals surface area contributed by atoms with Crippen molar-refractivity contribution in [2.24, 2.45) is 0 Å². The van der Waals surface area contributed by atoms with Crippen LogP contribution in [0.5, 0.6) is 0 Å². The van der Waals surface area contributed by atoms with Gasteiger partial charge in [-0.05, 0) is 50.0 Å². The van der Waals surface area contributed by atoms with Gasteiger partial charge in [-0.15, -0.1) is 0 Å². The predicted molar refractivity (Wildman–Crippen MR) is 77.5 cm³/mol. The molecule has 0 radical (unpaired) electrons. The largest absolute Gasteiger partial charge is 0.452 e. The fourth-order valence-electron chi connectivity index (χ4n) is 1.52. The third-order valence-corrected chi connectivity index (χ3v) is 4.74. The summed E-state index contributed by atoms with van der Waals surface area (Å²) >= 11 is 3.13. The van der Waals surface area contributed by atoms with Gasteiger partial charge < -0.3 is 14.6 Å². The van der Waals surface area contributed by atoms with Crippen molar-refractivity contribution in [1.29, 1.82) is 0 Å².